The Morgan fingerprint density at radius 1 is 0.943 bits per heavy atom. The zero-order valence-corrected chi connectivity index (χ0v) is 21.1. The number of amides is 2. The van der Waals surface area contributed by atoms with Crippen LogP contribution < -0.4 is 5.32 Å². The first-order valence-corrected chi connectivity index (χ1v) is 13.3. The van der Waals surface area contributed by atoms with Crippen molar-refractivity contribution >= 4 is 17.5 Å². The smallest absolute Gasteiger partial charge is 0.236 e. The summed E-state index contributed by atoms with van der Waals surface area (Å²) in [5.41, 5.74) is 2.19. The van der Waals surface area contributed by atoms with Crippen LogP contribution in [-0.4, -0.2) is 71.8 Å². The Morgan fingerprint density at radius 2 is 1.63 bits per heavy atom. The minimum absolute atomic E-state index is 0.0316. The van der Waals surface area contributed by atoms with Gasteiger partial charge in [0.05, 0.1) is 6.54 Å². The van der Waals surface area contributed by atoms with Crippen molar-refractivity contribution in [2.75, 3.05) is 44.6 Å². The highest BCUT2D eigenvalue weighted by Gasteiger charge is 2.31. The van der Waals surface area contributed by atoms with E-state index in [0.717, 1.165) is 57.5 Å². The second kappa shape index (κ2) is 12.8. The standard InChI is InChI=1S/C29H40N4O2/c1-2-17-33(27-14-9-18-31(22-27)21-24-10-5-3-6-11-24)23-28(34)32-19-15-25(16-20-32)29(35)30-26-12-7-4-8-13-26/h3-8,10-13,25,27H,2,9,14-23H2,1H3,(H,30,35). The van der Waals surface area contributed by atoms with E-state index in [9.17, 15) is 9.59 Å². The Balaban J connectivity index is 1.26. The zero-order chi connectivity index (χ0) is 24.5. The molecule has 4 rings (SSSR count). The van der Waals surface area contributed by atoms with Gasteiger partial charge in [-0.25, -0.2) is 0 Å². The summed E-state index contributed by atoms with van der Waals surface area (Å²) in [7, 11) is 0. The number of nitrogens with one attached hydrogen (secondary N) is 1. The Kier molecular flexibility index (Phi) is 9.32. The molecule has 0 aliphatic carbocycles. The monoisotopic (exact) mass is 476 g/mol. The van der Waals surface area contributed by atoms with Gasteiger partial charge in [0.1, 0.15) is 0 Å². The summed E-state index contributed by atoms with van der Waals surface area (Å²) in [5, 5.41) is 3.01. The number of benzene rings is 2. The Labute approximate surface area is 210 Å². The fourth-order valence-electron chi connectivity index (χ4n) is 5.42. The third kappa shape index (κ3) is 7.39. The molecule has 0 aromatic heterocycles. The van der Waals surface area contributed by atoms with Gasteiger partial charge >= 0.3 is 0 Å². The van der Waals surface area contributed by atoms with Crippen molar-refractivity contribution in [1.29, 1.82) is 0 Å². The quantitative estimate of drug-likeness (QED) is 0.588. The molecule has 188 valence electrons. The van der Waals surface area contributed by atoms with Gasteiger partial charge < -0.3 is 10.2 Å². The molecule has 6 nitrogen and oxygen atoms in total. The molecule has 2 aromatic carbocycles. The van der Waals surface area contributed by atoms with Crippen LogP contribution in [0.5, 0.6) is 0 Å². The molecule has 2 heterocycles. The minimum Gasteiger partial charge on any atom is -0.342 e. The first-order valence-electron chi connectivity index (χ1n) is 13.3. The van der Waals surface area contributed by atoms with E-state index < -0.39 is 0 Å². The highest BCUT2D eigenvalue weighted by molar-refractivity contribution is 5.92. The van der Waals surface area contributed by atoms with Crippen LogP contribution in [0.3, 0.4) is 0 Å². The van der Waals surface area contributed by atoms with Crippen molar-refractivity contribution in [2.45, 2.75) is 51.6 Å². The lowest BCUT2D eigenvalue weighted by Gasteiger charge is -2.40. The van der Waals surface area contributed by atoms with Crippen LogP contribution in [-0.2, 0) is 16.1 Å². The summed E-state index contributed by atoms with van der Waals surface area (Å²) in [6.45, 7) is 8.07. The van der Waals surface area contributed by atoms with E-state index in [-0.39, 0.29) is 17.7 Å². The molecule has 2 aliphatic heterocycles. The van der Waals surface area contributed by atoms with E-state index in [1.807, 2.05) is 35.2 Å². The molecule has 2 saturated heterocycles. The summed E-state index contributed by atoms with van der Waals surface area (Å²) in [6.07, 6.45) is 4.83. The maximum Gasteiger partial charge on any atom is 0.236 e. The number of rotatable bonds is 9. The van der Waals surface area contributed by atoms with Gasteiger partial charge in [-0.05, 0) is 62.9 Å². The molecule has 35 heavy (non-hydrogen) atoms. The number of hydrogen-bond acceptors (Lipinski definition) is 4. The number of hydrogen-bond donors (Lipinski definition) is 1. The molecule has 1 N–H and O–H groups in total. The van der Waals surface area contributed by atoms with Crippen molar-refractivity contribution in [2.24, 2.45) is 5.92 Å². The van der Waals surface area contributed by atoms with Crippen LogP contribution in [0, 0.1) is 5.92 Å². The molecular formula is C29H40N4O2. The van der Waals surface area contributed by atoms with Crippen LogP contribution in [0.15, 0.2) is 60.7 Å². The van der Waals surface area contributed by atoms with Crippen LogP contribution in [0.2, 0.25) is 0 Å². The van der Waals surface area contributed by atoms with Crippen LogP contribution in [0.4, 0.5) is 5.69 Å². The first-order chi connectivity index (χ1) is 17.1. The lowest BCUT2D eigenvalue weighted by Crippen LogP contribution is -2.52. The Morgan fingerprint density at radius 3 is 2.31 bits per heavy atom. The molecule has 1 unspecified atom stereocenters. The second-order valence-corrected chi connectivity index (χ2v) is 10.00. The number of piperidine rings is 2. The summed E-state index contributed by atoms with van der Waals surface area (Å²) in [4.78, 5) is 32.8. The normalized spacial score (nSPS) is 19.6. The maximum absolute atomic E-state index is 13.2. The number of carbonyl (C=O) groups excluding carboxylic acids is 2. The predicted molar refractivity (Wildman–Crippen MR) is 141 cm³/mol. The number of carbonyl (C=O) groups is 2. The Bertz CT molecular complexity index is 928. The summed E-state index contributed by atoms with van der Waals surface area (Å²) in [5.74, 6) is 0.244. The highest BCUT2D eigenvalue weighted by atomic mass is 16.2. The van der Waals surface area contributed by atoms with E-state index in [1.165, 1.54) is 12.0 Å². The summed E-state index contributed by atoms with van der Waals surface area (Å²) >= 11 is 0. The molecule has 0 saturated carbocycles. The number of para-hydroxylation sites is 1. The van der Waals surface area contributed by atoms with Crippen molar-refractivity contribution in [1.82, 2.24) is 14.7 Å². The third-order valence-electron chi connectivity index (χ3n) is 7.35. The van der Waals surface area contributed by atoms with Gasteiger partial charge in [-0.15, -0.1) is 0 Å². The van der Waals surface area contributed by atoms with Gasteiger partial charge in [0.2, 0.25) is 11.8 Å². The molecule has 2 aromatic rings. The molecule has 2 fully saturated rings. The van der Waals surface area contributed by atoms with E-state index in [1.54, 1.807) is 0 Å². The second-order valence-electron chi connectivity index (χ2n) is 10.00. The fraction of sp³-hybridized carbons (Fsp3) is 0.517. The maximum atomic E-state index is 13.2. The molecule has 1 atom stereocenters. The van der Waals surface area contributed by atoms with Crippen LogP contribution in [0.25, 0.3) is 0 Å². The summed E-state index contributed by atoms with van der Waals surface area (Å²) in [6, 6.07) is 20.7. The van der Waals surface area contributed by atoms with Crippen molar-refractivity contribution < 1.29 is 9.59 Å². The average molecular weight is 477 g/mol. The van der Waals surface area contributed by atoms with Gasteiger partial charge in [-0.2, -0.15) is 0 Å². The zero-order valence-electron chi connectivity index (χ0n) is 21.1. The van der Waals surface area contributed by atoms with E-state index >= 15 is 0 Å². The third-order valence-corrected chi connectivity index (χ3v) is 7.35. The largest absolute Gasteiger partial charge is 0.342 e. The lowest BCUT2D eigenvalue weighted by atomic mass is 9.95. The van der Waals surface area contributed by atoms with Gasteiger partial charge in [0, 0.05) is 43.8 Å². The van der Waals surface area contributed by atoms with E-state index in [0.29, 0.717) is 25.7 Å². The SMILES string of the molecule is CCCN(CC(=O)N1CCC(C(=O)Nc2ccccc2)CC1)C1CCCN(Cc2ccccc2)C1. The van der Waals surface area contributed by atoms with E-state index in [2.05, 4.69) is 52.4 Å². The molecular weight excluding hydrogens is 436 g/mol. The number of likely N-dealkylation sites (tertiary alicyclic amines) is 2. The Hall–Kier alpha value is -2.70. The first kappa shape index (κ1) is 25.4. The molecule has 0 spiro atoms. The lowest BCUT2D eigenvalue weighted by molar-refractivity contribution is -0.136. The topological polar surface area (TPSA) is 55.9 Å². The number of anilines is 1. The average Bonchev–Trinajstić information content (AvgIpc) is 2.90. The summed E-state index contributed by atoms with van der Waals surface area (Å²) < 4.78 is 0. The van der Waals surface area contributed by atoms with Crippen LogP contribution >= 0.6 is 0 Å². The molecule has 0 radical (unpaired) electrons. The van der Waals surface area contributed by atoms with Gasteiger partial charge in [0.25, 0.3) is 0 Å². The molecule has 2 aliphatic rings. The van der Waals surface area contributed by atoms with Crippen LogP contribution in [0.1, 0.15) is 44.6 Å². The predicted octanol–water partition coefficient (Wildman–Crippen LogP) is 4.24. The minimum atomic E-state index is -0.0316. The van der Waals surface area contributed by atoms with Gasteiger partial charge in [-0.1, -0.05) is 55.5 Å². The van der Waals surface area contributed by atoms with Gasteiger partial charge in [0.15, 0.2) is 0 Å². The van der Waals surface area contributed by atoms with Crippen molar-refractivity contribution in [3.63, 3.8) is 0 Å². The van der Waals surface area contributed by atoms with Gasteiger partial charge in [-0.3, -0.25) is 19.4 Å². The van der Waals surface area contributed by atoms with E-state index in [4.69, 9.17) is 0 Å². The molecule has 6 heteroatoms. The highest BCUT2D eigenvalue weighted by Crippen LogP contribution is 2.22. The van der Waals surface area contributed by atoms with Crippen molar-refractivity contribution in [3.05, 3.63) is 66.2 Å². The van der Waals surface area contributed by atoms with Crippen molar-refractivity contribution in [3.8, 4) is 0 Å². The number of nitrogens with zero attached hydrogens (tertiary/aromatic N) is 3. The molecule has 2 amide bonds. The fourth-order valence-corrected chi connectivity index (χ4v) is 5.42. The molecule has 0 bridgehead atoms.